The number of rotatable bonds is 3. The molecule has 2 atom stereocenters. The van der Waals surface area contributed by atoms with Crippen LogP contribution in [0.25, 0.3) is 0 Å². The second-order valence-electron chi connectivity index (χ2n) is 4.29. The highest BCUT2D eigenvalue weighted by atomic mass is 35.5. The Morgan fingerprint density at radius 3 is 2.39 bits per heavy atom. The zero-order valence-electron chi connectivity index (χ0n) is 9.86. The van der Waals surface area contributed by atoms with Crippen molar-refractivity contribution < 1.29 is 9.90 Å². The number of aliphatic carboxylic acids is 1. The van der Waals surface area contributed by atoms with Crippen molar-refractivity contribution in [3.8, 4) is 0 Å². The molecule has 0 spiro atoms. The van der Waals surface area contributed by atoms with Crippen molar-refractivity contribution in [2.45, 2.75) is 12.6 Å². The van der Waals surface area contributed by atoms with Gasteiger partial charge in [0.15, 0.2) is 0 Å². The van der Waals surface area contributed by atoms with Gasteiger partial charge in [-0.15, -0.1) is 24.8 Å². The number of hydrogen-bond donors (Lipinski definition) is 2. The highest BCUT2D eigenvalue weighted by Crippen LogP contribution is 2.18. The summed E-state index contributed by atoms with van der Waals surface area (Å²) in [4.78, 5) is 13.0. The van der Waals surface area contributed by atoms with Gasteiger partial charge in [0.05, 0.1) is 5.92 Å². The average molecular weight is 293 g/mol. The summed E-state index contributed by atoms with van der Waals surface area (Å²) in [5.41, 5.74) is 7.00. The Morgan fingerprint density at radius 2 is 1.89 bits per heavy atom. The molecular weight excluding hydrogens is 275 g/mol. The van der Waals surface area contributed by atoms with Gasteiger partial charge in [-0.25, -0.2) is 0 Å². The summed E-state index contributed by atoms with van der Waals surface area (Å²) in [6.07, 6.45) is 0. The highest BCUT2D eigenvalue weighted by Gasteiger charge is 2.34. The van der Waals surface area contributed by atoms with Crippen LogP contribution in [-0.2, 0) is 11.3 Å². The van der Waals surface area contributed by atoms with E-state index in [4.69, 9.17) is 10.8 Å². The van der Waals surface area contributed by atoms with E-state index in [0.717, 1.165) is 6.54 Å². The molecule has 1 aliphatic rings. The van der Waals surface area contributed by atoms with Gasteiger partial charge in [0, 0.05) is 25.7 Å². The Labute approximate surface area is 119 Å². The zero-order valence-corrected chi connectivity index (χ0v) is 11.5. The van der Waals surface area contributed by atoms with Gasteiger partial charge in [0.25, 0.3) is 0 Å². The van der Waals surface area contributed by atoms with E-state index in [-0.39, 0.29) is 30.9 Å². The maximum absolute atomic E-state index is 10.9. The fourth-order valence-electron chi connectivity index (χ4n) is 2.15. The summed E-state index contributed by atoms with van der Waals surface area (Å²) >= 11 is 0. The number of likely N-dealkylation sites (tertiary alicyclic amines) is 1. The van der Waals surface area contributed by atoms with Crippen molar-refractivity contribution in [2.75, 3.05) is 13.1 Å². The Bertz CT molecular complexity index is 376. The van der Waals surface area contributed by atoms with E-state index >= 15 is 0 Å². The minimum absolute atomic E-state index is 0. The van der Waals surface area contributed by atoms with Crippen LogP contribution in [0.1, 0.15) is 5.56 Å². The van der Waals surface area contributed by atoms with E-state index in [9.17, 15) is 4.79 Å². The molecule has 6 heteroatoms. The van der Waals surface area contributed by atoms with Gasteiger partial charge in [0.2, 0.25) is 0 Å². The standard InChI is InChI=1S/C12H16N2O2.2ClH/c13-11-8-14(7-10(11)12(15)16)6-9-4-2-1-3-5-9;;/h1-5,10-11H,6-8,13H2,(H,15,16);2*1H. The monoisotopic (exact) mass is 292 g/mol. The average Bonchev–Trinajstić information content (AvgIpc) is 2.61. The third-order valence-electron chi connectivity index (χ3n) is 3.01. The van der Waals surface area contributed by atoms with E-state index < -0.39 is 11.9 Å². The lowest BCUT2D eigenvalue weighted by Crippen LogP contribution is -2.33. The highest BCUT2D eigenvalue weighted by molar-refractivity contribution is 5.85. The van der Waals surface area contributed by atoms with Crippen LogP contribution in [0.5, 0.6) is 0 Å². The summed E-state index contributed by atoms with van der Waals surface area (Å²) in [7, 11) is 0. The molecule has 1 fully saturated rings. The molecule has 1 aromatic rings. The molecule has 1 heterocycles. The first kappa shape index (κ1) is 17.2. The number of carboxylic acids is 1. The van der Waals surface area contributed by atoms with Crippen LogP contribution in [0.2, 0.25) is 0 Å². The van der Waals surface area contributed by atoms with Crippen LogP contribution in [-0.4, -0.2) is 35.1 Å². The molecular formula is C12H18Cl2N2O2. The second-order valence-corrected chi connectivity index (χ2v) is 4.29. The quantitative estimate of drug-likeness (QED) is 0.883. The maximum Gasteiger partial charge on any atom is 0.309 e. The molecule has 3 N–H and O–H groups in total. The Kier molecular flexibility index (Phi) is 7.25. The minimum atomic E-state index is -0.789. The lowest BCUT2D eigenvalue weighted by molar-refractivity contribution is -0.141. The fourth-order valence-corrected chi connectivity index (χ4v) is 2.15. The topological polar surface area (TPSA) is 66.6 Å². The fraction of sp³-hybridized carbons (Fsp3) is 0.417. The van der Waals surface area contributed by atoms with E-state index in [1.54, 1.807) is 0 Å². The van der Waals surface area contributed by atoms with Crippen LogP contribution in [0, 0.1) is 5.92 Å². The van der Waals surface area contributed by atoms with Crippen molar-refractivity contribution in [1.29, 1.82) is 0 Å². The molecule has 0 aliphatic carbocycles. The number of halogens is 2. The Balaban J connectivity index is 0.00000144. The largest absolute Gasteiger partial charge is 0.481 e. The smallest absolute Gasteiger partial charge is 0.309 e. The van der Waals surface area contributed by atoms with Gasteiger partial charge in [-0.05, 0) is 5.56 Å². The van der Waals surface area contributed by atoms with Crippen LogP contribution in [0.15, 0.2) is 30.3 Å². The SMILES string of the molecule is Cl.Cl.NC1CN(Cc2ccccc2)CC1C(=O)O. The maximum atomic E-state index is 10.9. The Morgan fingerprint density at radius 1 is 1.28 bits per heavy atom. The van der Waals surface area contributed by atoms with Gasteiger partial charge >= 0.3 is 5.97 Å². The van der Waals surface area contributed by atoms with Gasteiger partial charge in [0.1, 0.15) is 0 Å². The first-order valence-electron chi connectivity index (χ1n) is 5.41. The normalized spacial score (nSPS) is 22.9. The molecule has 4 nitrogen and oxygen atoms in total. The lowest BCUT2D eigenvalue weighted by atomic mass is 10.1. The molecule has 0 radical (unpaired) electrons. The van der Waals surface area contributed by atoms with E-state index in [1.807, 2.05) is 30.3 Å². The molecule has 18 heavy (non-hydrogen) atoms. The molecule has 0 amide bonds. The molecule has 102 valence electrons. The molecule has 1 aromatic carbocycles. The van der Waals surface area contributed by atoms with Gasteiger partial charge in [-0.3, -0.25) is 9.69 Å². The second kappa shape index (κ2) is 7.59. The summed E-state index contributed by atoms with van der Waals surface area (Å²) in [6.45, 7) is 1.98. The van der Waals surface area contributed by atoms with E-state index in [1.165, 1.54) is 5.56 Å². The third-order valence-corrected chi connectivity index (χ3v) is 3.01. The minimum Gasteiger partial charge on any atom is -0.481 e. The molecule has 0 bridgehead atoms. The van der Waals surface area contributed by atoms with Crippen molar-refractivity contribution >= 4 is 30.8 Å². The van der Waals surface area contributed by atoms with Crippen molar-refractivity contribution in [3.05, 3.63) is 35.9 Å². The summed E-state index contributed by atoms with van der Waals surface area (Å²) in [5.74, 6) is -1.22. The lowest BCUT2D eigenvalue weighted by Gasteiger charge is -2.14. The van der Waals surface area contributed by atoms with Crippen molar-refractivity contribution in [1.82, 2.24) is 4.90 Å². The molecule has 0 saturated carbocycles. The number of benzene rings is 1. The summed E-state index contributed by atoms with van der Waals surface area (Å²) < 4.78 is 0. The Hall–Kier alpha value is -0.810. The van der Waals surface area contributed by atoms with E-state index in [0.29, 0.717) is 13.1 Å². The zero-order chi connectivity index (χ0) is 11.5. The van der Waals surface area contributed by atoms with Crippen LogP contribution >= 0.6 is 24.8 Å². The first-order chi connectivity index (χ1) is 7.66. The third kappa shape index (κ3) is 4.14. The molecule has 1 saturated heterocycles. The number of carboxylic acid groups (broad SMARTS) is 1. The van der Waals surface area contributed by atoms with Gasteiger partial charge in [-0.2, -0.15) is 0 Å². The summed E-state index contributed by atoms with van der Waals surface area (Å²) in [5, 5.41) is 8.96. The molecule has 2 unspecified atom stereocenters. The van der Waals surface area contributed by atoms with Crippen LogP contribution in [0.3, 0.4) is 0 Å². The van der Waals surface area contributed by atoms with Gasteiger partial charge in [-0.1, -0.05) is 30.3 Å². The van der Waals surface area contributed by atoms with E-state index in [2.05, 4.69) is 4.90 Å². The number of nitrogens with zero attached hydrogens (tertiary/aromatic N) is 1. The van der Waals surface area contributed by atoms with Crippen molar-refractivity contribution in [3.63, 3.8) is 0 Å². The predicted octanol–water partition coefficient (Wildman–Crippen LogP) is 1.37. The molecule has 2 rings (SSSR count). The number of carbonyl (C=O) groups is 1. The first-order valence-corrected chi connectivity index (χ1v) is 5.41. The predicted molar refractivity (Wildman–Crippen MR) is 75.3 cm³/mol. The van der Waals surface area contributed by atoms with Crippen LogP contribution in [0.4, 0.5) is 0 Å². The molecule has 1 aliphatic heterocycles. The number of hydrogen-bond acceptors (Lipinski definition) is 3. The molecule has 0 aromatic heterocycles. The van der Waals surface area contributed by atoms with Crippen molar-refractivity contribution in [2.24, 2.45) is 11.7 Å². The van der Waals surface area contributed by atoms with Gasteiger partial charge < -0.3 is 10.8 Å². The summed E-state index contributed by atoms with van der Waals surface area (Å²) in [6, 6.07) is 9.78. The van der Waals surface area contributed by atoms with Crippen LogP contribution < -0.4 is 5.73 Å². The number of nitrogens with two attached hydrogens (primary N) is 1.